The van der Waals surface area contributed by atoms with E-state index in [9.17, 15) is 22.4 Å². The highest BCUT2D eigenvalue weighted by Crippen LogP contribution is 2.27. The molecule has 1 aromatic carbocycles. The second-order valence-corrected chi connectivity index (χ2v) is 3.77. The molecule has 0 atom stereocenters. The third-order valence-electron chi connectivity index (χ3n) is 1.76. The maximum atomic E-state index is 12.9. The van der Waals surface area contributed by atoms with Crippen LogP contribution < -0.4 is 0 Å². The van der Waals surface area contributed by atoms with Crippen LogP contribution in [0, 0.1) is 5.82 Å². The molecule has 0 fully saturated rings. The van der Waals surface area contributed by atoms with Gasteiger partial charge in [0.2, 0.25) is 5.78 Å². The highest BCUT2D eigenvalue weighted by molar-refractivity contribution is 6.35. The van der Waals surface area contributed by atoms with Gasteiger partial charge in [-0.3, -0.25) is 4.79 Å². The molecule has 0 aliphatic heterocycles. The van der Waals surface area contributed by atoms with E-state index in [1.54, 1.807) is 0 Å². The van der Waals surface area contributed by atoms with Gasteiger partial charge in [-0.2, -0.15) is 13.2 Å². The van der Waals surface area contributed by atoms with E-state index < -0.39 is 24.2 Å². The predicted molar refractivity (Wildman–Crippen MR) is 51.2 cm³/mol. The normalized spacial score (nSPS) is 11.6. The Balaban J connectivity index is 2.99. The smallest absolute Gasteiger partial charge is 0.289 e. The summed E-state index contributed by atoms with van der Waals surface area (Å²) in [6.45, 7) is 0. The second-order valence-electron chi connectivity index (χ2n) is 2.96. The minimum absolute atomic E-state index is 0.177. The molecule has 0 saturated carbocycles. The van der Waals surface area contributed by atoms with Gasteiger partial charge in [0.05, 0.1) is 5.02 Å². The standard InChI is InChI=1S/C9H4Cl2F4O/c10-5-3-6(11)7(12)1-4(5)2-8(16)9(13,14)15/h1,3H,2H2. The van der Waals surface area contributed by atoms with Crippen LogP contribution in [0.4, 0.5) is 17.6 Å². The van der Waals surface area contributed by atoms with Crippen molar-refractivity contribution in [2.24, 2.45) is 0 Å². The van der Waals surface area contributed by atoms with Crippen LogP contribution in [0.25, 0.3) is 0 Å². The molecule has 0 unspecified atom stereocenters. The summed E-state index contributed by atoms with van der Waals surface area (Å²) in [4.78, 5) is 10.6. The number of alkyl halides is 3. The number of hydrogen-bond acceptors (Lipinski definition) is 1. The monoisotopic (exact) mass is 274 g/mol. The molecule has 0 aliphatic rings. The predicted octanol–water partition coefficient (Wildman–Crippen LogP) is 3.81. The molecule has 0 heterocycles. The molecule has 0 aliphatic carbocycles. The summed E-state index contributed by atoms with van der Waals surface area (Å²) in [5, 5.41) is -0.489. The van der Waals surface area contributed by atoms with E-state index in [1.165, 1.54) is 0 Å². The Bertz CT molecular complexity index is 428. The number of benzene rings is 1. The molecule has 1 rings (SSSR count). The maximum absolute atomic E-state index is 12.9. The fourth-order valence-electron chi connectivity index (χ4n) is 0.972. The number of carbonyl (C=O) groups excluding carboxylic acids is 1. The first-order chi connectivity index (χ1) is 7.21. The van der Waals surface area contributed by atoms with Crippen molar-refractivity contribution in [3.8, 4) is 0 Å². The summed E-state index contributed by atoms with van der Waals surface area (Å²) >= 11 is 10.9. The minimum Gasteiger partial charge on any atom is -0.289 e. The number of halogens is 6. The average Bonchev–Trinajstić information content (AvgIpc) is 2.12. The van der Waals surface area contributed by atoms with Crippen molar-refractivity contribution in [1.82, 2.24) is 0 Å². The number of ketones is 1. The zero-order valence-electron chi connectivity index (χ0n) is 7.54. The van der Waals surface area contributed by atoms with Gasteiger partial charge in [-0.1, -0.05) is 23.2 Å². The van der Waals surface area contributed by atoms with Gasteiger partial charge in [0, 0.05) is 11.4 Å². The van der Waals surface area contributed by atoms with E-state index in [0.717, 1.165) is 6.07 Å². The molecule has 0 bridgehead atoms. The van der Waals surface area contributed by atoms with Gasteiger partial charge in [-0.15, -0.1) is 0 Å². The van der Waals surface area contributed by atoms with Crippen LogP contribution in [-0.2, 0) is 11.2 Å². The Morgan fingerprint density at radius 1 is 1.19 bits per heavy atom. The Morgan fingerprint density at radius 3 is 2.25 bits per heavy atom. The van der Waals surface area contributed by atoms with Gasteiger partial charge in [0.1, 0.15) is 5.82 Å². The zero-order chi connectivity index (χ0) is 12.5. The van der Waals surface area contributed by atoms with E-state index in [2.05, 4.69) is 0 Å². The molecule has 16 heavy (non-hydrogen) atoms. The Kier molecular flexibility index (Phi) is 3.80. The van der Waals surface area contributed by atoms with Crippen molar-refractivity contribution < 1.29 is 22.4 Å². The number of Topliss-reactive ketones (excluding diaryl/α,β-unsaturated/α-hetero) is 1. The van der Waals surface area contributed by atoms with Crippen molar-refractivity contribution in [3.05, 3.63) is 33.6 Å². The summed E-state index contributed by atoms with van der Waals surface area (Å²) in [6.07, 6.45) is -5.96. The first-order valence-electron chi connectivity index (χ1n) is 3.95. The molecular weight excluding hydrogens is 271 g/mol. The van der Waals surface area contributed by atoms with Gasteiger partial charge in [-0.05, 0) is 17.7 Å². The quantitative estimate of drug-likeness (QED) is 0.592. The average molecular weight is 275 g/mol. The third kappa shape index (κ3) is 3.09. The number of hydrogen-bond donors (Lipinski definition) is 0. The van der Waals surface area contributed by atoms with Crippen molar-refractivity contribution in [1.29, 1.82) is 0 Å². The van der Waals surface area contributed by atoms with Crippen LogP contribution >= 0.6 is 23.2 Å². The first kappa shape index (κ1) is 13.3. The Morgan fingerprint density at radius 2 is 1.75 bits per heavy atom. The number of rotatable bonds is 2. The van der Waals surface area contributed by atoms with Gasteiger partial charge >= 0.3 is 6.18 Å². The topological polar surface area (TPSA) is 17.1 Å². The van der Waals surface area contributed by atoms with Gasteiger partial charge < -0.3 is 0 Å². The summed E-state index contributed by atoms with van der Waals surface area (Å²) in [7, 11) is 0. The van der Waals surface area contributed by atoms with E-state index >= 15 is 0 Å². The van der Waals surface area contributed by atoms with Crippen molar-refractivity contribution >= 4 is 29.0 Å². The fourth-order valence-corrected chi connectivity index (χ4v) is 1.42. The van der Waals surface area contributed by atoms with E-state index in [-0.39, 0.29) is 15.6 Å². The highest BCUT2D eigenvalue weighted by atomic mass is 35.5. The van der Waals surface area contributed by atoms with Crippen LogP contribution in [-0.4, -0.2) is 12.0 Å². The second kappa shape index (κ2) is 4.59. The summed E-state index contributed by atoms with van der Waals surface area (Å²) < 4.78 is 48.7. The molecule has 0 aromatic heterocycles. The van der Waals surface area contributed by atoms with E-state index in [0.29, 0.717) is 6.07 Å². The van der Waals surface area contributed by atoms with Gasteiger partial charge in [0.25, 0.3) is 0 Å². The molecular formula is C9H4Cl2F4O. The maximum Gasteiger partial charge on any atom is 0.450 e. The first-order valence-corrected chi connectivity index (χ1v) is 4.71. The molecule has 0 N–H and O–H groups in total. The van der Waals surface area contributed by atoms with Gasteiger partial charge in [0.15, 0.2) is 0 Å². The van der Waals surface area contributed by atoms with Crippen molar-refractivity contribution in [3.63, 3.8) is 0 Å². The van der Waals surface area contributed by atoms with Crippen molar-refractivity contribution in [2.45, 2.75) is 12.6 Å². The molecule has 1 aromatic rings. The molecule has 0 amide bonds. The van der Waals surface area contributed by atoms with Gasteiger partial charge in [-0.25, -0.2) is 4.39 Å². The third-order valence-corrected chi connectivity index (χ3v) is 2.40. The SMILES string of the molecule is O=C(Cc1cc(F)c(Cl)cc1Cl)C(F)(F)F. The van der Waals surface area contributed by atoms with E-state index in [4.69, 9.17) is 23.2 Å². The summed E-state index contributed by atoms with van der Waals surface area (Å²) in [5.41, 5.74) is -0.245. The molecule has 0 spiro atoms. The fraction of sp³-hybridized carbons (Fsp3) is 0.222. The van der Waals surface area contributed by atoms with E-state index in [1.807, 2.05) is 0 Å². The van der Waals surface area contributed by atoms with Crippen molar-refractivity contribution in [2.75, 3.05) is 0 Å². The van der Waals surface area contributed by atoms with Crippen LogP contribution in [0.2, 0.25) is 10.0 Å². The lowest BCUT2D eigenvalue weighted by Crippen LogP contribution is -2.24. The molecule has 0 saturated heterocycles. The number of carbonyl (C=O) groups is 1. The lowest BCUT2D eigenvalue weighted by molar-refractivity contribution is -0.170. The van der Waals surface area contributed by atoms with Crippen LogP contribution in [0.15, 0.2) is 12.1 Å². The summed E-state index contributed by atoms with van der Waals surface area (Å²) in [5.74, 6) is -2.91. The summed E-state index contributed by atoms with van der Waals surface area (Å²) in [6, 6.07) is 1.67. The van der Waals surface area contributed by atoms with Crippen LogP contribution in [0.5, 0.6) is 0 Å². The minimum atomic E-state index is -4.96. The lowest BCUT2D eigenvalue weighted by Gasteiger charge is -2.07. The largest absolute Gasteiger partial charge is 0.450 e. The van der Waals surface area contributed by atoms with Crippen LogP contribution in [0.1, 0.15) is 5.56 Å². The molecule has 7 heteroatoms. The molecule has 1 nitrogen and oxygen atoms in total. The Hall–Kier alpha value is -0.810. The molecule has 88 valence electrons. The Labute approximate surface area is 98.0 Å². The zero-order valence-corrected chi connectivity index (χ0v) is 9.05. The molecule has 0 radical (unpaired) electrons. The lowest BCUT2D eigenvalue weighted by atomic mass is 10.1. The highest BCUT2D eigenvalue weighted by Gasteiger charge is 2.38. The van der Waals surface area contributed by atoms with Crippen LogP contribution in [0.3, 0.4) is 0 Å².